The number of rotatable bonds is 4. The molecule has 122 valence electrons. The molecule has 0 unspecified atom stereocenters. The van der Waals surface area contributed by atoms with E-state index in [1.165, 1.54) is 22.4 Å². The molecule has 4 heteroatoms. The van der Waals surface area contributed by atoms with Crippen molar-refractivity contribution in [3.05, 3.63) is 46.8 Å². The Balaban J connectivity index is 1.90. The fraction of sp³-hybridized carbons (Fsp3) is 0.474. The first kappa shape index (κ1) is 15.8. The summed E-state index contributed by atoms with van der Waals surface area (Å²) in [6, 6.07) is 6.55. The summed E-state index contributed by atoms with van der Waals surface area (Å²) < 4.78 is 2.04. The Morgan fingerprint density at radius 2 is 2.17 bits per heavy atom. The lowest BCUT2D eigenvalue weighted by atomic mass is 9.92. The number of fused-ring (bicyclic) bond motifs is 1. The molecule has 1 heterocycles. The van der Waals surface area contributed by atoms with E-state index in [4.69, 9.17) is 0 Å². The number of hydrogen-bond donors (Lipinski definition) is 1. The fourth-order valence-corrected chi connectivity index (χ4v) is 3.28. The molecule has 1 aromatic heterocycles. The average molecular weight is 311 g/mol. The van der Waals surface area contributed by atoms with Crippen molar-refractivity contribution >= 4 is 5.91 Å². The lowest BCUT2D eigenvalue weighted by Crippen LogP contribution is -2.30. The van der Waals surface area contributed by atoms with Gasteiger partial charge in [-0.2, -0.15) is 5.10 Å². The normalized spacial score (nSPS) is 16.9. The van der Waals surface area contributed by atoms with Gasteiger partial charge in [0.15, 0.2) is 0 Å². The zero-order chi connectivity index (χ0) is 16.4. The molecule has 1 amide bonds. The van der Waals surface area contributed by atoms with Gasteiger partial charge in [0.05, 0.1) is 17.9 Å². The molecule has 0 spiro atoms. The fourth-order valence-electron chi connectivity index (χ4n) is 3.28. The number of nitrogens with zero attached hydrogens (tertiary/aromatic N) is 2. The van der Waals surface area contributed by atoms with Crippen LogP contribution in [0.3, 0.4) is 0 Å². The van der Waals surface area contributed by atoms with E-state index in [-0.39, 0.29) is 11.9 Å². The van der Waals surface area contributed by atoms with Gasteiger partial charge in [0.25, 0.3) is 0 Å². The maximum Gasteiger partial charge on any atom is 0.220 e. The largest absolute Gasteiger partial charge is 0.349 e. The highest BCUT2D eigenvalue weighted by molar-refractivity contribution is 5.76. The molecule has 1 atom stereocenters. The Morgan fingerprint density at radius 3 is 2.91 bits per heavy atom. The highest BCUT2D eigenvalue weighted by atomic mass is 16.1. The van der Waals surface area contributed by atoms with E-state index in [1.807, 2.05) is 17.8 Å². The van der Waals surface area contributed by atoms with Gasteiger partial charge in [-0.15, -0.1) is 0 Å². The quantitative estimate of drug-likeness (QED) is 0.934. The van der Waals surface area contributed by atoms with Crippen molar-refractivity contribution in [1.82, 2.24) is 15.1 Å². The number of benzene rings is 1. The first-order chi connectivity index (χ1) is 11.1. The monoisotopic (exact) mass is 311 g/mol. The zero-order valence-corrected chi connectivity index (χ0v) is 14.2. The Labute approximate surface area is 137 Å². The van der Waals surface area contributed by atoms with Crippen molar-refractivity contribution in [3.63, 3.8) is 0 Å². The van der Waals surface area contributed by atoms with Crippen LogP contribution in [0.15, 0.2) is 24.4 Å². The lowest BCUT2D eigenvalue weighted by molar-refractivity contribution is -0.122. The summed E-state index contributed by atoms with van der Waals surface area (Å²) in [5, 5.41) is 7.78. The third kappa shape index (κ3) is 3.16. The topological polar surface area (TPSA) is 46.9 Å². The van der Waals surface area contributed by atoms with Crippen molar-refractivity contribution in [2.24, 2.45) is 0 Å². The molecule has 1 N–H and O–H groups in total. The first-order valence-corrected chi connectivity index (χ1v) is 8.54. The predicted molar refractivity (Wildman–Crippen MR) is 91.8 cm³/mol. The molecule has 0 saturated carbocycles. The predicted octanol–water partition coefficient (Wildman–Crippen LogP) is 3.78. The molecule has 0 aliphatic heterocycles. The van der Waals surface area contributed by atoms with Crippen LogP contribution >= 0.6 is 0 Å². The van der Waals surface area contributed by atoms with Crippen molar-refractivity contribution in [2.45, 2.75) is 58.9 Å². The molecule has 0 radical (unpaired) electrons. The minimum atomic E-state index is 0.109. The Morgan fingerprint density at radius 1 is 1.35 bits per heavy atom. The van der Waals surface area contributed by atoms with Crippen LogP contribution in [-0.4, -0.2) is 15.7 Å². The maximum absolute atomic E-state index is 11.9. The molecule has 23 heavy (non-hydrogen) atoms. The van der Waals surface area contributed by atoms with Gasteiger partial charge in [-0.1, -0.05) is 13.0 Å². The van der Waals surface area contributed by atoms with Gasteiger partial charge in [0.1, 0.15) is 0 Å². The highest BCUT2D eigenvalue weighted by Gasteiger charge is 2.25. The van der Waals surface area contributed by atoms with E-state index < -0.39 is 0 Å². The van der Waals surface area contributed by atoms with E-state index in [0.29, 0.717) is 6.42 Å². The highest BCUT2D eigenvalue weighted by Crippen LogP contribution is 2.31. The maximum atomic E-state index is 11.9. The molecule has 4 nitrogen and oxygen atoms in total. The van der Waals surface area contributed by atoms with Crippen LogP contribution in [0.25, 0.3) is 5.69 Å². The third-order valence-electron chi connectivity index (χ3n) is 4.73. The number of carbonyl (C=O) groups excluding carboxylic acids is 1. The first-order valence-electron chi connectivity index (χ1n) is 8.54. The number of amides is 1. The van der Waals surface area contributed by atoms with Crippen LogP contribution in [0.1, 0.15) is 61.0 Å². The van der Waals surface area contributed by atoms with E-state index in [0.717, 1.165) is 31.4 Å². The second-order valence-electron chi connectivity index (χ2n) is 6.49. The molecule has 0 fully saturated rings. The number of aromatic nitrogens is 2. The molecule has 2 aromatic rings. The summed E-state index contributed by atoms with van der Waals surface area (Å²) in [6.45, 7) is 6.28. The van der Waals surface area contributed by atoms with Gasteiger partial charge in [-0.05, 0) is 62.8 Å². The zero-order valence-electron chi connectivity index (χ0n) is 14.2. The summed E-state index contributed by atoms with van der Waals surface area (Å²) in [5.41, 5.74) is 6.09. The van der Waals surface area contributed by atoms with E-state index in [2.05, 4.69) is 42.5 Å². The van der Waals surface area contributed by atoms with Crippen LogP contribution in [0, 0.1) is 13.8 Å². The number of nitrogens with one attached hydrogen (secondary N) is 1. The second kappa shape index (κ2) is 6.57. The molecule has 3 rings (SSSR count). The summed E-state index contributed by atoms with van der Waals surface area (Å²) >= 11 is 0. The Hall–Kier alpha value is -2.10. The minimum Gasteiger partial charge on any atom is -0.349 e. The van der Waals surface area contributed by atoms with Crippen LogP contribution in [0.2, 0.25) is 0 Å². The standard InChI is InChI=1S/C19H25N3O/c1-4-6-19(23)21-17-7-5-8-18-16(17)12-20-22(18)15-10-9-13(2)14(3)11-15/h9-12,17H,4-8H2,1-3H3,(H,21,23)/t17-/m0/s1. The van der Waals surface area contributed by atoms with Gasteiger partial charge in [-0.3, -0.25) is 4.79 Å². The molecule has 0 bridgehead atoms. The summed E-state index contributed by atoms with van der Waals surface area (Å²) in [5.74, 6) is 0.143. The van der Waals surface area contributed by atoms with Gasteiger partial charge >= 0.3 is 0 Å². The van der Waals surface area contributed by atoms with Crippen LogP contribution in [0.4, 0.5) is 0 Å². The van der Waals surface area contributed by atoms with Crippen LogP contribution in [0.5, 0.6) is 0 Å². The smallest absolute Gasteiger partial charge is 0.220 e. The second-order valence-corrected chi connectivity index (χ2v) is 6.49. The molecule has 1 aliphatic rings. The van der Waals surface area contributed by atoms with Crippen molar-refractivity contribution < 1.29 is 4.79 Å². The molecule has 0 saturated heterocycles. The minimum absolute atomic E-state index is 0.109. The average Bonchev–Trinajstić information content (AvgIpc) is 2.95. The molecule has 1 aliphatic carbocycles. The van der Waals surface area contributed by atoms with Crippen molar-refractivity contribution in [3.8, 4) is 5.69 Å². The summed E-state index contributed by atoms with van der Waals surface area (Å²) in [7, 11) is 0. The number of hydrogen-bond acceptors (Lipinski definition) is 2. The third-order valence-corrected chi connectivity index (χ3v) is 4.73. The van der Waals surface area contributed by atoms with Gasteiger partial charge in [-0.25, -0.2) is 4.68 Å². The van der Waals surface area contributed by atoms with Crippen LogP contribution < -0.4 is 5.32 Å². The molecular weight excluding hydrogens is 286 g/mol. The number of aryl methyl sites for hydroxylation is 2. The van der Waals surface area contributed by atoms with E-state index >= 15 is 0 Å². The van der Waals surface area contributed by atoms with Crippen molar-refractivity contribution in [2.75, 3.05) is 0 Å². The van der Waals surface area contributed by atoms with Crippen molar-refractivity contribution in [1.29, 1.82) is 0 Å². The Kier molecular flexibility index (Phi) is 4.51. The van der Waals surface area contributed by atoms with E-state index in [9.17, 15) is 4.79 Å². The Bertz CT molecular complexity index is 717. The summed E-state index contributed by atoms with van der Waals surface area (Å²) in [6.07, 6.45) is 6.51. The van der Waals surface area contributed by atoms with E-state index in [1.54, 1.807) is 0 Å². The molecule has 1 aromatic carbocycles. The van der Waals surface area contributed by atoms with Gasteiger partial charge in [0, 0.05) is 17.7 Å². The number of carbonyl (C=O) groups is 1. The SMILES string of the molecule is CCCC(=O)N[C@H]1CCCc2c1cnn2-c1ccc(C)c(C)c1. The van der Waals surface area contributed by atoms with Gasteiger partial charge in [0.2, 0.25) is 5.91 Å². The lowest BCUT2D eigenvalue weighted by Gasteiger charge is -2.24. The van der Waals surface area contributed by atoms with Crippen LogP contribution in [-0.2, 0) is 11.2 Å². The van der Waals surface area contributed by atoms with Gasteiger partial charge < -0.3 is 5.32 Å². The molecular formula is C19H25N3O. The summed E-state index contributed by atoms with van der Waals surface area (Å²) in [4.78, 5) is 11.9.